The Morgan fingerprint density at radius 1 is 1.79 bits per heavy atom. The fourth-order valence-electron chi connectivity index (χ4n) is 1.42. The highest BCUT2D eigenvalue weighted by Gasteiger charge is 2.17. The summed E-state index contributed by atoms with van der Waals surface area (Å²) in [6.45, 7) is 2.03. The summed E-state index contributed by atoms with van der Waals surface area (Å²) in [6, 6.07) is 0. The van der Waals surface area contributed by atoms with Gasteiger partial charge < -0.3 is 10.1 Å². The quantitative estimate of drug-likeness (QED) is 0.855. The molecule has 1 unspecified atom stereocenters. The predicted molar refractivity (Wildman–Crippen MR) is 56.2 cm³/mol. The Hall–Kier alpha value is -0.840. The lowest BCUT2D eigenvalue weighted by molar-refractivity contribution is -0.137. The van der Waals surface area contributed by atoms with E-state index in [1.54, 1.807) is 6.20 Å². The van der Waals surface area contributed by atoms with Crippen molar-refractivity contribution in [3.63, 3.8) is 0 Å². The first kappa shape index (κ1) is 11.2. The monoisotopic (exact) mass is 260 g/mol. The second-order valence-electron chi connectivity index (χ2n) is 3.20. The van der Waals surface area contributed by atoms with Crippen molar-refractivity contribution in [1.29, 1.82) is 0 Å². The molecule has 0 radical (unpaired) electrons. The molecule has 0 aliphatic heterocycles. The maximum Gasteiger partial charge on any atom is 0.304 e. The first-order valence-corrected chi connectivity index (χ1v) is 5.35. The number of hydrogen-bond donors (Lipinski definition) is 2. The van der Waals surface area contributed by atoms with E-state index in [0.717, 1.165) is 23.3 Å². The molecule has 1 rings (SSSR count). The number of rotatable bonds is 5. The van der Waals surface area contributed by atoms with Crippen LogP contribution >= 0.6 is 15.9 Å². The van der Waals surface area contributed by atoms with Gasteiger partial charge in [-0.1, -0.05) is 13.3 Å². The predicted octanol–water partition coefficient (Wildman–Crippen LogP) is 2.53. The van der Waals surface area contributed by atoms with Gasteiger partial charge in [0, 0.05) is 5.92 Å². The van der Waals surface area contributed by atoms with Crippen LogP contribution in [-0.4, -0.2) is 21.0 Å². The molecule has 0 aliphatic rings. The third-order valence-corrected chi connectivity index (χ3v) is 2.41. The first-order chi connectivity index (χ1) is 6.63. The standard InChI is InChI=1S/C9H13BrN2O2/c1-2-3-6(4-8(13)14)9-11-5-7(10)12-9/h5-6H,2-4H2,1H3,(H,11,12)(H,13,14). The second kappa shape index (κ2) is 5.14. The minimum Gasteiger partial charge on any atom is -0.481 e. The fourth-order valence-corrected chi connectivity index (χ4v) is 1.72. The average Bonchev–Trinajstić information content (AvgIpc) is 2.50. The van der Waals surface area contributed by atoms with Crippen molar-refractivity contribution in [3.8, 4) is 0 Å². The lowest BCUT2D eigenvalue weighted by Gasteiger charge is -2.10. The molecular weight excluding hydrogens is 248 g/mol. The summed E-state index contributed by atoms with van der Waals surface area (Å²) in [5.74, 6) is -0.0408. The van der Waals surface area contributed by atoms with Crippen LogP contribution in [0.2, 0.25) is 0 Å². The van der Waals surface area contributed by atoms with Crippen LogP contribution in [0.5, 0.6) is 0 Å². The van der Waals surface area contributed by atoms with Gasteiger partial charge in [-0.15, -0.1) is 0 Å². The van der Waals surface area contributed by atoms with Gasteiger partial charge >= 0.3 is 5.97 Å². The molecular formula is C9H13BrN2O2. The number of imidazole rings is 1. The number of carboxylic acid groups (broad SMARTS) is 1. The van der Waals surface area contributed by atoms with Crippen molar-refractivity contribution in [2.45, 2.75) is 32.1 Å². The normalized spacial score (nSPS) is 12.7. The largest absolute Gasteiger partial charge is 0.481 e. The molecule has 1 aromatic heterocycles. The van der Waals surface area contributed by atoms with Crippen LogP contribution in [-0.2, 0) is 4.79 Å². The van der Waals surface area contributed by atoms with Crippen LogP contribution in [0, 0.1) is 0 Å². The maximum atomic E-state index is 10.6. The summed E-state index contributed by atoms with van der Waals surface area (Å²) < 4.78 is 0.791. The first-order valence-electron chi connectivity index (χ1n) is 4.55. The third-order valence-electron chi connectivity index (χ3n) is 2.01. The Kier molecular flexibility index (Phi) is 4.13. The smallest absolute Gasteiger partial charge is 0.304 e. The second-order valence-corrected chi connectivity index (χ2v) is 4.05. The lowest BCUT2D eigenvalue weighted by atomic mass is 9.99. The van der Waals surface area contributed by atoms with Gasteiger partial charge in [0.15, 0.2) is 0 Å². The van der Waals surface area contributed by atoms with Crippen LogP contribution in [0.3, 0.4) is 0 Å². The Balaban J connectivity index is 2.71. The summed E-state index contributed by atoms with van der Waals surface area (Å²) in [7, 11) is 0. The number of nitrogens with zero attached hydrogens (tertiary/aromatic N) is 1. The van der Waals surface area contributed by atoms with E-state index in [2.05, 4.69) is 25.9 Å². The van der Waals surface area contributed by atoms with E-state index in [9.17, 15) is 4.79 Å². The summed E-state index contributed by atoms with van der Waals surface area (Å²) in [5.41, 5.74) is 0. The molecule has 0 aromatic carbocycles. The van der Waals surface area contributed by atoms with Gasteiger partial charge in [-0.05, 0) is 22.4 Å². The van der Waals surface area contributed by atoms with E-state index >= 15 is 0 Å². The van der Waals surface area contributed by atoms with Gasteiger partial charge in [0.2, 0.25) is 0 Å². The van der Waals surface area contributed by atoms with Gasteiger partial charge in [0.25, 0.3) is 0 Å². The van der Waals surface area contributed by atoms with Crippen LogP contribution in [0.25, 0.3) is 0 Å². The Morgan fingerprint density at radius 2 is 2.50 bits per heavy atom. The number of carboxylic acids is 1. The highest BCUT2D eigenvalue weighted by Crippen LogP contribution is 2.23. The molecule has 2 N–H and O–H groups in total. The molecule has 78 valence electrons. The van der Waals surface area contributed by atoms with E-state index in [1.165, 1.54) is 0 Å². The van der Waals surface area contributed by atoms with Crippen LogP contribution < -0.4 is 0 Å². The number of aromatic nitrogens is 2. The third kappa shape index (κ3) is 3.14. The van der Waals surface area contributed by atoms with Crippen molar-refractivity contribution in [1.82, 2.24) is 9.97 Å². The maximum absolute atomic E-state index is 10.6. The number of halogens is 1. The van der Waals surface area contributed by atoms with Crippen molar-refractivity contribution in [2.24, 2.45) is 0 Å². The highest BCUT2D eigenvalue weighted by atomic mass is 79.9. The number of nitrogens with one attached hydrogen (secondary N) is 1. The van der Waals surface area contributed by atoms with E-state index < -0.39 is 5.97 Å². The molecule has 0 fully saturated rings. The zero-order valence-corrected chi connectivity index (χ0v) is 9.54. The molecule has 1 aromatic rings. The zero-order chi connectivity index (χ0) is 10.6. The van der Waals surface area contributed by atoms with Crippen molar-refractivity contribution in [3.05, 3.63) is 16.6 Å². The molecule has 14 heavy (non-hydrogen) atoms. The summed E-state index contributed by atoms with van der Waals surface area (Å²) in [5, 5.41) is 8.73. The molecule has 0 saturated heterocycles. The molecule has 0 amide bonds. The highest BCUT2D eigenvalue weighted by molar-refractivity contribution is 9.10. The minimum atomic E-state index is -0.782. The topological polar surface area (TPSA) is 66.0 Å². The van der Waals surface area contributed by atoms with Crippen LogP contribution in [0.1, 0.15) is 37.9 Å². The number of hydrogen-bond acceptors (Lipinski definition) is 2. The summed E-state index contributed by atoms with van der Waals surface area (Å²) in [6.07, 6.45) is 3.58. The lowest BCUT2D eigenvalue weighted by Crippen LogP contribution is -2.07. The number of H-pyrrole nitrogens is 1. The van der Waals surface area contributed by atoms with Crippen LogP contribution in [0.15, 0.2) is 10.8 Å². The van der Waals surface area contributed by atoms with Gasteiger partial charge in [0.1, 0.15) is 10.4 Å². The summed E-state index contributed by atoms with van der Waals surface area (Å²) >= 11 is 3.25. The van der Waals surface area contributed by atoms with Crippen molar-refractivity contribution < 1.29 is 9.90 Å². The number of carbonyl (C=O) groups is 1. The van der Waals surface area contributed by atoms with Gasteiger partial charge in [0.05, 0.1) is 12.6 Å². The summed E-state index contributed by atoms with van der Waals surface area (Å²) in [4.78, 5) is 17.7. The van der Waals surface area contributed by atoms with E-state index in [4.69, 9.17) is 5.11 Å². The zero-order valence-electron chi connectivity index (χ0n) is 7.96. The number of aromatic amines is 1. The Labute approximate surface area is 90.9 Å². The Morgan fingerprint density at radius 3 is 2.93 bits per heavy atom. The molecule has 0 aliphatic carbocycles. The molecule has 0 saturated carbocycles. The Bertz CT molecular complexity index is 312. The molecule has 0 spiro atoms. The molecule has 1 heterocycles. The van der Waals surface area contributed by atoms with Crippen molar-refractivity contribution >= 4 is 21.9 Å². The van der Waals surface area contributed by atoms with E-state index in [0.29, 0.717) is 0 Å². The SMILES string of the molecule is CCCC(CC(=O)O)c1ncc(Br)[nH]1. The van der Waals surface area contributed by atoms with Gasteiger partial charge in [-0.3, -0.25) is 4.79 Å². The molecule has 1 atom stereocenters. The molecule has 5 heteroatoms. The minimum absolute atomic E-state index is 0.0104. The van der Waals surface area contributed by atoms with Crippen LogP contribution in [0.4, 0.5) is 0 Å². The van der Waals surface area contributed by atoms with Gasteiger partial charge in [-0.25, -0.2) is 4.98 Å². The van der Waals surface area contributed by atoms with E-state index in [-0.39, 0.29) is 12.3 Å². The molecule has 0 bridgehead atoms. The van der Waals surface area contributed by atoms with Crippen molar-refractivity contribution in [2.75, 3.05) is 0 Å². The van der Waals surface area contributed by atoms with E-state index in [1.807, 2.05) is 6.92 Å². The fraction of sp³-hybridized carbons (Fsp3) is 0.556. The number of aliphatic carboxylic acids is 1. The average molecular weight is 261 g/mol. The van der Waals surface area contributed by atoms with Gasteiger partial charge in [-0.2, -0.15) is 0 Å². The molecule has 4 nitrogen and oxygen atoms in total.